The molecule has 2 aliphatic rings. The minimum absolute atomic E-state index is 0.0136. The number of hydrogen-bond acceptors (Lipinski definition) is 4. The van der Waals surface area contributed by atoms with Crippen molar-refractivity contribution in [2.45, 2.75) is 30.3 Å². The molecule has 2 N–H and O–H groups in total. The zero-order chi connectivity index (χ0) is 19.0. The molecule has 144 valence electrons. The Morgan fingerprint density at radius 1 is 1.15 bits per heavy atom. The lowest BCUT2D eigenvalue weighted by atomic mass is 10.0. The number of ether oxygens (including phenoxy) is 1. The van der Waals surface area contributed by atoms with Gasteiger partial charge in [0, 0.05) is 12.5 Å². The molecule has 1 fully saturated rings. The Morgan fingerprint density at radius 2 is 1.89 bits per heavy atom. The minimum atomic E-state index is -3.79. The highest BCUT2D eigenvalue weighted by atomic mass is 35.5. The molecule has 2 aromatic carbocycles. The predicted molar refractivity (Wildman–Crippen MR) is 106 cm³/mol. The van der Waals surface area contributed by atoms with Crippen molar-refractivity contribution in [2.24, 2.45) is 11.1 Å². The normalized spacial score (nSPS) is 22.7. The van der Waals surface area contributed by atoms with E-state index in [2.05, 4.69) is 23.1 Å². The molecule has 2 aromatic rings. The van der Waals surface area contributed by atoms with E-state index in [1.54, 1.807) is 6.07 Å². The van der Waals surface area contributed by atoms with Gasteiger partial charge in [0.2, 0.25) is 10.0 Å². The Morgan fingerprint density at radius 3 is 2.59 bits per heavy atom. The summed E-state index contributed by atoms with van der Waals surface area (Å²) in [6, 6.07) is 12.7. The van der Waals surface area contributed by atoms with Crippen LogP contribution in [0.15, 0.2) is 47.4 Å². The van der Waals surface area contributed by atoms with E-state index in [-0.39, 0.29) is 16.0 Å². The topological polar surface area (TPSA) is 72.6 Å². The first-order chi connectivity index (χ1) is 12.9. The predicted octanol–water partition coefficient (Wildman–Crippen LogP) is 3.38. The van der Waals surface area contributed by atoms with Crippen LogP contribution in [0.2, 0.25) is 5.02 Å². The molecular formula is C20H23ClN2O3S. The van der Waals surface area contributed by atoms with E-state index in [0.29, 0.717) is 11.7 Å². The van der Waals surface area contributed by atoms with Crippen LogP contribution < -0.4 is 9.88 Å². The van der Waals surface area contributed by atoms with Crippen molar-refractivity contribution in [2.75, 3.05) is 19.6 Å². The van der Waals surface area contributed by atoms with Crippen molar-refractivity contribution in [3.05, 3.63) is 58.6 Å². The van der Waals surface area contributed by atoms with Gasteiger partial charge in [0.25, 0.3) is 0 Å². The molecule has 0 bridgehead atoms. The van der Waals surface area contributed by atoms with Gasteiger partial charge in [-0.1, -0.05) is 35.9 Å². The molecule has 2 unspecified atom stereocenters. The number of nitrogens with two attached hydrogens (primary N) is 1. The molecule has 0 spiro atoms. The monoisotopic (exact) mass is 406 g/mol. The van der Waals surface area contributed by atoms with Crippen molar-refractivity contribution < 1.29 is 13.2 Å². The maximum atomic E-state index is 11.5. The van der Waals surface area contributed by atoms with Crippen LogP contribution >= 0.6 is 11.6 Å². The summed E-state index contributed by atoms with van der Waals surface area (Å²) in [7, 11) is -3.79. The highest BCUT2D eigenvalue weighted by Gasteiger charge is 2.36. The van der Waals surface area contributed by atoms with Gasteiger partial charge in [-0.25, -0.2) is 13.6 Å². The standard InChI is InChI=1S/C20H23ClN2O3S/c21-18-12-16(27(22,24)25)7-8-19(18)26-20-15(13-23-9-3-4-10-23)11-14-5-1-2-6-17(14)20/h1-2,5-8,12,15,20H,3-4,9-11,13H2,(H2,22,24,25). The molecule has 2 atom stereocenters. The third kappa shape index (κ3) is 3.99. The van der Waals surface area contributed by atoms with Crippen LogP contribution in [0.4, 0.5) is 0 Å². The summed E-state index contributed by atoms with van der Waals surface area (Å²) < 4.78 is 29.4. The van der Waals surface area contributed by atoms with Crippen LogP contribution in [-0.2, 0) is 16.4 Å². The largest absolute Gasteiger partial charge is 0.484 e. The highest BCUT2D eigenvalue weighted by Crippen LogP contribution is 2.42. The van der Waals surface area contributed by atoms with Gasteiger partial charge in [0.1, 0.15) is 11.9 Å². The third-order valence-electron chi connectivity index (χ3n) is 5.45. The molecule has 0 amide bonds. The number of sulfonamides is 1. The SMILES string of the molecule is NS(=O)(=O)c1ccc(OC2c3ccccc3CC2CN2CCCC2)c(Cl)c1. The van der Waals surface area contributed by atoms with E-state index >= 15 is 0 Å². The van der Waals surface area contributed by atoms with Crippen molar-refractivity contribution in [3.63, 3.8) is 0 Å². The van der Waals surface area contributed by atoms with Crippen LogP contribution in [0.1, 0.15) is 30.1 Å². The molecule has 4 rings (SSSR count). The molecule has 1 saturated heterocycles. The van der Waals surface area contributed by atoms with Crippen LogP contribution in [0.25, 0.3) is 0 Å². The maximum Gasteiger partial charge on any atom is 0.238 e. The average Bonchev–Trinajstić information content (AvgIpc) is 3.24. The lowest BCUT2D eigenvalue weighted by molar-refractivity contribution is 0.121. The van der Waals surface area contributed by atoms with Gasteiger partial charge < -0.3 is 9.64 Å². The Balaban J connectivity index is 1.61. The number of rotatable bonds is 5. The van der Waals surface area contributed by atoms with E-state index < -0.39 is 10.0 Å². The first-order valence-electron chi connectivity index (χ1n) is 9.21. The quantitative estimate of drug-likeness (QED) is 0.826. The van der Waals surface area contributed by atoms with E-state index in [4.69, 9.17) is 21.5 Å². The number of primary sulfonamides is 1. The van der Waals surface area contributed by atoms with Crippen molar-refractivity contribution >= 4 is 21.6 Å². The lowest BCUT2D eigenvalue weighted by Gasteiger charge is -2.26. The zero-order valence-electron chi connectivity index (χ0n) is 15.0. The maximum absolute atomic E-state index is 11.5. The lowest BCUT2D eigenvalue weighted by Crippen LogP contribution is -2.30. The second kappa shape index (κ2) is 7.43. The van der Waals surface area contributed by atoms with Gasteiger partial charge in [-0.2, -0.15) is 0 Å². The molecule has 0 saturated carbocycles. The fourth-order valence-corrected chi connectivity index (χ4v) is 4.98. The molecule has 27 heavy (non-hydrogen) atoms. The number of fused-ring (bicyclic) bond motifs is 1. The number of benzene rings is 2. The summed E-state index contributed by atoms with van der Waals surface area (Å²) in [5.74, 6) is 0.826. The molecule has 0 aromatic heterocycles. The van der Waals surface area contributed by atoms with Gasteiger partial charge in [-0.3, -0.25) is 0 Å². The van der Waals surface area contributed by atoms with Crippen LogP contribution in [0.3, 0.4) is 0 Å². The van der Waals surface area contributed by atoms with Gasteiger partial charge >= 0.3 is 0 Å². The number of hydrogen-bond donors (Lipinski definition) is 1. The van der Waals surface area contributed by atoms with E-state index in [0.717, 1.165) is 26.1 Å². The summed E-state index contributed by atoms with van der Waals surface area (Å²) in [6.07, 6.45) is 3.39. The van der Waals surface area contributed by atoms with E-state index in [1.165, 1.54) is 36.1 Å². The van der Waals surface area contributed by atoms with Crippen molar-refractivity contribution in [1.29, 1.82) is 0 Å². The van der Waals surface area contributed by atoms with Gasteiger partial charge in [-0.05, 0) is 61.7 Å². The van der Waals surface area contributed by atoms with Crippen LogP contribution in [0.5, 0.6) is 5.75 Å². The second-order valence-corrected chi connectivity index (χ2v) is 9.32. The van der Waals surface area contributed by atoms with Crippen molar-refractivity contribution in [3.8, 4) is 5.75 Å². The molecule has 5 nitrogen and oxygen atoms in total. The summed E-state index contributed by atoms with van der Waals surface area (Å²) in [5.41, 5.74) is 2.50. The Hall–Kier alpha value is -1.60. The molecule has 1 aliphatic carbocycles. The Kier molecular flexibility index (Phi) is 5.16. The first-order valence-corrected chi connectivity index (χ1v) is 11.1. The van der Waals surface area contributed by atoms with Gasteiger partial charge in [0.15, 0.2) is 0 Å². The van der Waals surface area contributed by atoms with Gasteiger partial charge in [-0.15, -0.1) is 0 Å². The highest BCUT2D eigenvalue weighted by molar-refractivity contribution is 7.89. The number of likely N-dealkylation sites (tertiary alicyclic amines) is 1. The van der Waals surface area contributed by atoms with Crippen molar-refractivity contribution in [1.82, 2.24) is 4.90 Å². The minimum Gasteiger partial charge on any atom is -0.484 e. The summed E-state index contributed by atoms with van der Waals surface area (Å²) in [4.78, 5) is 2.48. The Bertz CT molecular complexity index is 942. The first kappa shape index (κ1) is 18.7. The van der Waals surface area contributed by atoms with Crippen LogP contribution in [0, 0.1) is 5.92 Å². The van der Waals surface area contributed by atoms with E-state index in [9.17, 15) is 8.42 Å². The summed E-state index contributed by atoms with van der Waals surface area (Å²) in [6.45, 7) is 3.28. The molecule has 0 radical (unpaired) electrons. The summed E-state index contributed by atoms with van der Waals surface area (Å²) in [5, 5.41) is 5.44. The Labute approximate surface area is 165 Å². The molecule has 1 aliphatic heterocycles. The molecule has 7 heteroatoms. The van der Waals surface area contributed by atoms with E-state index in [1.807, 2.05) is 6.07 Å². The number of nitrogens with zero attached hydrogens (tertiary/aromatic N) is 1. The smallest absolute Gasteiger partial charge is 0.238 e. The third-order valence-corrected chi connectivity index (χ3v) is 6.66. The fourth-order valence-electron chi connectivity index (χ4n) is 4.15. The van der Waals surface area contributed by atoms with Crippen LogP contribution in [-0.4, -0.2) is 33.0 Å². The summed E-state index contributed by atoms with van der Waals surface area (Å²) >= 11 is 6.30. The second-order valence-electron chi connectivity index (χ2n) is 7.35. The fraction of sp³-hybridized carbons (Fsp3) is 0.400. The average molecular weight is 407 g/mol. The molecule has 1 heterocycles. The molecular weight excluding hydrogens is 384 g/mol. The zero-order valence-corrected chi connectivity index (χ0v) is 16.5. The number of halogens is 1. The van der Waals surface area contributed by atoms with Gasteiger partial charge in [0.05, 0.1) is 9.92 Å².